The van der Waals surface area contributed by atoms with Crippen LogP contribution in [0, 0.1) is 5.82 Å². The van der Waals surface area contributed by atoms with Crippen molar-refractivity contribution in [1.82, 2.24) is 4.90 Å². The van der Waals surface area contributed by atoms with Gasteiger partial charge in [-0.05, 0) is 42.0 Å². The standard InChI is InChI=1S/C24H23FN2O2/c25-20-10-12-21(13-11-20)26-14-16-27(17-15-26)24(28)22-8-4-5-9-23(22)29-18-19-6-2-1-3-7-19/h1-13H,14-18H2. The third-order valence-electron chi connectivity index (χ3n) is 5.11. The maximum atomic E-state index is 13.1. The molecule has 3 aromatic rings. The van der Waals surface area contributed by atoms with Gasteiger partial charge in [-0.3, -0.25) is 4.79 Å². The zero-order chi connectivity index (χ0) is 20.1. The number of hydrogen-bond donors (Lipinski definition) is 0. The molecule has 0 aliphatic carbocycles. The second kappa shape index (κ2) is 8.78. The molecular weight excluding hydrogens is 367 g/mol. The van der Waals surface area contributed by atoms with Gasteiger partial charge in [0.25, 0.3) is 5.91 Å². The monoisotopic (exact) mass is 390 g/mol. The van der Waals surface area contributed by atoms with Crippen molar-refractivity contribution < 1.29 is 13.9 Å². The molecule has 4 rings (SSSR count). The number of nitrogens with zero attached hydrogens (tertiary/aromatic N) is 2. The fourth-order valence-electron chi connectivity index (χ4n) is 3.49. The second-order valence-corrected chi connectivity index (χ2v) is 7.03. The Morgan fingerprint density at radius 2 is 1.48 bits per heavy atom. The summed E-state index contributed by atoms with van der Waals surface area (Å²) in [5.41, 5.74) is 2.62. The Bertz CT molecular complexity index is 952. The van der Waals surface area contributed by atoms with Gasteiger partial charge in [0.1, 0.15) is 18.2 Å². The van der Waals surface area contributed by atoms with Crippen molar-refractivity contribution in [2.45, 2.75) is 6.61 Å². The molecule has 29 heavy (non-hydrogen) atoms. The average molecular weight is 390 g/mol. The van der Waals surface area contributed by atoms with Crippen molar-refractivity contribution >= 4 is 11.6 Å². The molecule has 1 heterocycles. The van der Waals surface area contributed by atoms with Crippen molar-refractivity contribution in [3.8, 4) is 5.75 Å². The van der Waals surface area contributed by atoms with Crippen LogP contribution in [0.15, 0.2) is 78.9 Å². The summed E-state index contributed by atoms with van der Waals surface area (Å²) in [5.74, 6) is 0.337. The third kappa shape index (κ3) is 4.57. The van der Waals surface area contributed by atoms with Crippen LogP contribution >= 0.6 is 0 Å². The van der Waals surface area contributed by atoms with E-state index in [1.807, 2.05) is 59.5 Å². The number of carbonyl (C=O) groups is 1. The van der Waals surface area contributed by atoms with Gasteiger partial charge >= 0.3 is 0 Å². The predicted octanol–water partition coefficient (Wildman–Crippen LogP) is 4.37. The van der Waals surface area contributed by atoms with Crippen LogP contribution in [0.1, 0.15) is 15.9 Å². The van der Waals surface area contributed by atoms with Gasteiger partial charge in [0.2, 0.25) is 0 Å². The normalized spacial score (nSPS) is 14.0. The molecule has 148 valence electrons. The first-order chi connectivity index (χ1) is 14.2. The van der Waals surface area contributed by atoms with Crippen LogP contribution in [0.4, 0.5) is 10.1 Å². The number of anilines is 1. The lowest BCUT2D eigenvalue weighted by Gasteiger charge is -2.36. The Kier molecular flexibility index (Phi) is 5.75. The van der Waals surface area contributed by atoms with E-state index in [4.69, 9.17) is 4.74 Å². The molecule has 1 amide bonds. The number of amides is 1. The number of para-hydroxylation sites is 1. The summed E-state index contributed by atoms with van der Waals surface area (Å²) in [5, 5.41) is 0. The lowest BCUT2D eigenvalue weighted by molar-refractivity contribution is 0.0742. The number of piperazine rings is 1. The van der Waals surface area contributed by atoms with E-state index < -0.39 is 0 Å². The fraction of sp³-hybridized carbons (Fsp3) is 0.208. The van der Waals surface area contributed by atoms with E-state index in [1.165, 1.54) is 12.1 Å². The van der Waals surface area contributed by atoms with Gasteiger partial charge in [-0.1, -0.05) is 42.5 Å². The quantitative estimate of drug-likeness (QED) is 0.649. The smallest absolute Gasteiger partial charge is 0.257 e. The van der Waals surface area contributed by atoms with Crippen LogP contribution in [0.25, 0.3) is 0 Å². The summed E-state index contributed by atoms with van der Waals surface area (Å²) in [6.07, 6.45) is 0. The molecule has 0 aromatic heterocycles. The van der Waals surface area contributed by atoms with E-state index in [0.29, 0.717) is 44.1 Å². The van der Waals surface area contributed by atoms with Crippen LogP contribution in [0.2, 0.25) is 0 Å². The molecule has 1 saturated heterocycles. The number of benzene rings is 3. The first-order valence-electron chi connectivity index (χ1n) is 9.76. The number of ether oxygens (including phenoxy) is 1. The summed E-state index contributed by atoms with van der Waals surface area (Å²) >= 11 is 0. The van der Waals surface area contributed by atoms with E-state index in [-0.39, 0.29) is 11.7 Å². The van der Waals surface area contributed by atoms with Gasteiger partial charge in [-0.25, -0.2) is 4.39 Å². The molecule has 5 heteroatoms. The Balaban J connectivity index is 1.40. The van der Waals surface area contributed by atoms with E-state index in [9.17, 15) is 9.18 Å². The highest BCUT2D eigenvalue weighted by Gasteiger charge is 2.24. The number of carbonyl (C=O) groups excluding carboxylic acids is 1. The van der Waals surface area contributed by atoms with Crippen molar-refractivity contribution in [2.24, 2.45) is 0 Å². The van der Waals surface area contributed by atoms with Crippen LogP contribution < -0.4 is 9.64 Å². The van der Waals surface area contributed by atoms with Crippen LogP contribution in [-0.2, 0) is 6.61 Å². The summed E-state index contributed by atoms with van der Waals surface area (Å²) in [6, 6.07) is 23.8. The highest BCUT2D eigenvalue weighted by Crippen LogP contribution is 2.23. The van der Waals surface area contributed by atoms with Gasteiger partial charge in [-0.15, -0.1) is 0 Å². The molecule has 4 nitrogen and oxygen atoms in total. The molecule has 0 N–H and O–H groups in total. The number of rotatable bonds is 5. The van der Waals surface area contributed by atoms with E-state index in [1.54, 1.807) is 12.1 Å². The fourth-order valence-corrected chi connectivity index (χ4v) is 3.49. The summed E-state index contributed by atoms with van der Waals surface area (Å²) in [6.45, 7) is 3.07. The second-order valence-electron chi connectivity index (χ2n) is 7.03. The zero-order valence-corrected chi connectivity index (χ0v) is 16.1. The molecule has 3 aromatic carbocycles. The maximum absolute atomic E-state index is 13.1. The molecule has 0 radical (unpaired) electrons. The third-order valence-corrected chi connectivity index (χ3v) is 5.11. The molecule has 0 saturated carbocycles. The van der Waals surface area contributed by atoms with Crippen LogP contribution in [0.5, 0.6) is 5.75 Å². The summed E-state index contributed by atoms with van der Waals surface area (Å²) in [4.78, 5) is 17.1. The zero-order valence-electron chi connectivity index (χ0n) is 16.1. The van der Waals surface area contributed by atoms with Crippen LogP contribution in [-0.4, -0.2) is 37.0 Å². The Morgan fingerprint density at radius 3 is 2.21 bits per heavy atom. The van der Waals surface area contributed by atoms with Crippen molar-refractivity contribution in [2.75, 3.05) is 31.1 Å². The Morgan fingerprint density at radius 1 is 0.828 bits per heavy atom. The number of halogens is 1. The molecule has 0 unspecified atom stereocenters. The molecule has 1 fully saturated rings. The first kappa shape index (κ1) is 19.0. The SMILES string of the molecule is O=C(c1ccccc1OCc1ccccc1)N1CCN(c2ccc(F)cc2)CC1. The lowest BCUT2D eigenvalue weighted by atomic mass is 10.1. The highest BCUT2D eigenvalue weighted by molar-refractivity contribution is 5.97. The van der Waals surface area contributed by atoms with Gasteiger partial charge in [0, 0.05) is 31.9 Å². The molecule has 0 atom stereocenters. The van der Waals surface area contributed by atoms with E-state index in [2.05, 4.69) is 4.90 Å². The predicted molar refractivity (Wildman–Crippen MR) is 112 cm³/mol. The maximum Gasteiger partial charge on any atom is 0.257 e. The minimum Gasteiger partial charge on any atom is -0.488 e. The minimum absolute atomic E-state index is 0.0209. The molecule has 1 aliphatic heterocycles. The van der Waals surface area contributed by atoms with Gasteiger partial charge in [-0.2, -0.15) is 0 Å². The van der Waals surface area contributed by atoms with Crippen molar-refractivity contribution in [1.29, 1.82) is 0 Å². The summed E-state index contributed by atoms with van der Waals surface area (Å²) < 4.78 is 19.1. The van der Waals surface area contributed by atoms with Crippen molar-refractivity contribution in [3.63, 3.8) is 0 Å². The molecule has 0 bridgehead atoms. The largest absolute Gasteiger partial charge is 0.488 e. The van der Waals surface area contributed by atoms with Gasteiger partial charge in [0.15, 0.2) is 0 Å². The van der Waals surface area contributed by atoms with Gasteiger partial charge in [0.05, 0.1) is 5.56 Å². The molecule has 1 aliphatic rings. The van der Waals surface area contributed by atoms with E-state index in [0.717, 1.165) is 11.3 Å². The Hall–Kier alpha value is -3.34. The average Bonchev–Trinajstić information content (AvgIpc) is 2.79. The highest BCUT2D eigenvalue weighted by atomic mass is 19.1. The van der Waals surface area contributed by atoms with Crippen LogP contribution in [0.3, 0.4) is 0 Å². The number of hydrogen-bond acceptors (Lipinski definition) is 3. The van der Waals surface area contributed by atoms with Gasteiger partial charge < -0.3 is 14.5 Å². The first-order valence-corrected chi connectivity index (χ1v) is 9.76. The lowest BCUT2D eigenvalue weighted by Crippen LogP contribution is -2.48. The molecule has 0 spiro atoms. The molecular formula is C24H23FN2O2. The Labute approximate surface area is 170 Å². The van der Waals surface area contributed by atoms with Crippen molar-refractivity contribution in [3.05, 3.63) is 95.8 Å². The topological polar surface area (TPSA) is 32.8 Å². The minimum atomic E-state index is -0.241. The summed E-state index contributed by atoms with van der Waals surface area (Å²) in [7, 11) is 0. The van der Waals surface area contributed by atoms with E-state index >= 15 is 0 Å².